The first-order chi connectivity index (χ1) is 11.7. The van der Waals surface area contributed by atoms with Crippen molar-refractivity contribution in [2.45, 2.75) is 80.7 Å². The van der Waals surface area contributed by atoms with E-state index in [1.807, 2.05) is 47.6 Å². The van der Waals surface area contributed by atoms with Gasteiger partial charge in [0.25, 0.3) is 0 Å². The number of likely N-dealkylation sites (tertiary alicyclic amines) is 1. The summed E-state index contributed by atoms with van der Waals surface area (Å²) in [7, 11) is 0. The molecule has 0 saturated carbocycles. The van der Waals surface area contributed by atoms with Crippen LogP contribution in [0.2, 0.25) is 0 Å². The molecule has 1 fully saturated rings. The molecule has 2 N–H and O–H groups in total. The minimum atomic E-state index is 0.396. The molecule has 0 aliphatic carbocycles. The maximum absolute atomic E-state index is 6.01. The van der Waals surface area contributed by atoms with Crippen molar-refractivity contribution in [3.8, 4) is 12.3 Å². The molecule has 2 atom stereocenters. The van der Waals surface area contributed by atoms with Crippen molar-refractivity contribution in [2.75, 3.05) is 19.6 Å². The molecule has 2 unspecified atom stereocenters. The Balaban J connectivity index is -0.000000659. The van der Waals surface area contributed by atoms with E-state index in [0.29, 0.717) is 12.0 Å². The Morgan fingerprint density at radius 1 is 1.17 bits per heavy atom. The van der Waals surface area contributed by atoms with E-state index in [2.05, 4.69) is 30.7 Å². The molecule has 142 valence electrons. The molecule has 1 aliphatic heterocycles. The van der Waals surface area contributed by atoms with Crippen LogP contribution in [0.1, 0.15) is 74.7 Å². The summed E-state index contributed by atoms with van der Waals surface area (Å²) in [5, 5.41) is 0. The monoisotopic (exact) mass is 336 g/mol. The van der Waals surface area contributed by atoms with E-state index in [-0.39, 0.29) is 0 Å². The summed E-state index contributed by atoms with van der Waals surface area (Å²) in [4.78, 5) is 2.53. The Kier molecular flexibility index (Phi) is 25.4. The van der Waals surface area contributed by atoms with E-state index in [0.717, 1.165) is 19.5 Å². The fraction of sp³-hybridized carbons (Fsp3) is 0.727. The molecule has 0 amide bonds. The number of hydrogen-bond acceptors (Lipinski definition) is 2. The third-order valence-electron chi connectivity index (χ3n) is 3.67. The highest BCUT2D eigenvalue weighted by molar-refractivity contribution is 5.26. The van der Waals surface area contributed by atoms with Crippen LogP contribution in [0.5, 0.6) is 0 Å². The average molecular weight is 337 g/mol. The van der Waals surface area contributed by atoms with Gasteiger partial charge >= 0.3 is 0 Å². The summed E-state index contributed by atoms with van der Waals surface area (Å²) in [6.45, 7) is 19.7. The largest absolute Gasteiger partial charge is 0.328 e. The summed E-state index contributed by atoms with van der Waals surface area (Å²) in [6, 6.07) is 0.396. The minimum absolute atomic E-state index is 0.396. The van der Waals surface area contributed by atoms with Gasteiger partial charge in [-0.15, -0.1) is 6.42 Å². The predicted molar refractivity (Wildman–Crippen MR) is 113 cm³/mol. The number of allylic oxidation sites excluding steroid dienone is 3. The third-order valence-corrected chi connectivity index (χ3v) is 3.67. The molecule has 0 aromatic rings. The molecule has 0 aromatic heterocycles. The average Bonchev–Trinajstić information content (AvgIpc) is 2.85. The molecule has 2 heteroatoms. The summed E-state index contributed by atoms with van der Waals surface area (Å²) < 4.78 is 0. The lowest BCUT2D eigenvalue weighted by Crippen LogP contribution is -2.31. The molecule has 0 spiro atoms. The summed E-state index contributed by atoms with van der Waals surface area (Å²) in [6.07, 6.45) is 14.8. The van der Waals surface area contributed by atoms with Gasteiger partial charge in [0.15, 0.2) is 0 Å². The van der Waals surface area contributed by atoms with Gasteiger partial charge in [-0.3, -0.25) is 0 Å². The molecule has 0 radical (unpaired) electrons. The first-order valence-corrected chi connectivity index (χ1v) is 9.94. The molecule has 1 aliphatic rings. The van der Waals surface area contributed by atoms with Crippen molar-refractivity contribution >= 4 is 0 Å². The second-order valence-corrected chi connectivity index (χ2v) is 5.18. The number of terminal acetylenes is 1. The lowest BCUT2D eigenvalue weighted by atomic mass is 9.99. The first-order valence-electron chi connectivity index (χ1n) is 9.94. The van der Waals surface area contributed by atoms with Crippen molar-refractivity contribution in [1.82, 2.24) is 4.90 Å². The first kappa shape index (κ1) is 27.8. The van der Waals surface area contributed by atoms with Crippen LogP contribution < -0.4 is 5.73 Å². The van der Waals surface area contributed by atoms with Gasteiger partial charge in [-0.05, 0) is 56.8 Å². The van der Waals surface area contributed by atoms with Crippen LogP contribution in [0.3, 0.4) is 0 Å². The SMILES string of the molecule is C#C/C=C\C(=C/C)C(C)CN1CCCC(N)CC1.CC.CC.CC. The number of nitrogens with zero attached hydrogens (tertiary/aromatic N) is 1. The summed E-state index contributed by atoms with van der Waals surface area (Å²) in [5.74, 6) is 3.08. The van der Waals surface area contributed by atoms with Crippen LogP contribution in [-0.4, -0.2) is 30.6 Å². The standard InChI is InChI=1S/C16H26N2.3C2H6/c1-4-6-8-15(5-2)14(3)13-18-11-7-9-16(17)10-12-18;3*1-2/h1,5-6,8,14,16H,7,9-13,17H2,2-3H3;3*1-2H3/b8-6-,15-5+;;;. The number of nitrogens with two attached hydrogens (primary N) is 1. The van der Waals surface area contributed by atoms with E-state index < -0.39 is 0 Å². The van der Waals surface area contributed by atoms with E-state index >= 15 is 0 Å². The molecular formula is C22H44N2. The van der Waals surface area contributed by atoms with Gasteiger partial charge in [0.05, 0.1) is 0 Å². The van der Waals surface area contributed by atoms with Crippen LogP contribution >= 0.6 is 0 Å². The minimum Gasteiger partial charge on any atom is -0.328 e. The molecule has 1 heterocycles. The van der Waals surface area contributed by atoms with Crippen LogP contribution in [0.25, 0.3) is 0 Å². The quantitative estimate of drug-likeness (QED) is 0.531. The van der Waals surface area contributed by atoms with Crippen molar-refractivity contribution in [3.63, 3.8) is 0 Å². The lowest BCUT2D eigenvalue weighted by Gasteiger charge is -2.24. The summed E-state index contributed by atoms with van der Waals surface area (Å²) in [5.41, 5.74) is 7.33. The molecule has 2 nitrogen and oxygen atoms in total. The smallest absolute Gasteiger partial charge is 0.00514 e. The zero-order valence-electron chi connectivity index (χ0n) is 17.7. The fourth-order valence-electron chi connectivity index (χ4n) is 2.55. The second kappa shape index (κ2) is 22.0. The van der Waals surface area contributed by atoms with Crippen molar-refractivity contribution in [2.24, 2.45) is 11.7 Å². The lowest BCUT2D eigenvalue weighted by molar-refractivity contribution is 0.259. The van der Waals surface area contributed by atoms with E-state index in [1.165, 1.54) is 25.0 Å². The molecular weight excluding hydrogens is 292 g/mol. The molecule has 0 aromatic carbocycles. The Morgan fingerprint density at radius 3 is 2.25 bits per heavy atom. The maximum Gasteiger partial charge on any atom is 0.00514 e. The van der Waals surface area contributed by atoms with E-state index in [1.54, 1.807) is 6.08 Å². The Morgan fingerprint density at radius 2 is 1.75 bits per heavy atom. The van der Waals surface area contributed by atoms with Crippen LogP contribution in [-0.2, 0) is 0 Å². The Labute approximate surface area is 153 Å². The van der Waals surface area contributed by atoms with Crippen LogP contribution in [0, 0.1) is 18.3 Å². The van der Waals surface area contributed by atoms with E-state index in [9.17, 15) is 0 Å². The Bertz CT molecular complexity index is 336. The van der Waals surface area contributed by atoms with Gasteiger partial charge in [-0.1, -0.05) is 66.5 Å². The molecule has 1 rings (SSSR count). The number of hydrogen-bond donors (Lipinski definition) is 1. The van der Waals surface area contributed by atoms with Gasteiger partial charge in [0.2, 0.25) is 0 Å². The zero-order valence-corrected chi connectivity index (χ0v) is 17.7. The normalized spacial score (nSPS) is 19.3. The number of rotatable bonds is 4. The van der Waals surface area contributed by atoms with Crippen molar-refractivity contribution in [1.29, 1.82) is 0 Å². The van der Waals surface area contributed by atoms with Crippen LogP contribution in [0.4, 0.5) is 0 Å². The fourth-order valence-corrected chi connectivity index (χ4v) is 2.55. The molecule has 0 bridgehead atoms. The Hall–Kier alpha value is -1.04. The van der Waals surface area contributed by atoms with Crippen LogP contribution in [0.15, 0.2) is 23.8 Å². The van der Waals surface area contributed by atoms with E-state index in [4.69, 9.17) is 12.2 Å². The molecule has 1 saturated heterocycles. The van der Waals surface area contributed by atoms with Gasteiger partial charge in [-0.25, -0.2) is 0 Å². The van der Waals surface area contributed by atoms with Gasteiger partial charge in [0, 0.05) is 12.6 Å². The molecule has 24 heavy (non-hydrogen) atoms. The van der Waals surface area contributed by atoms with Crippen molar-refractivity contribution < 1.29 is 0 Å². The topological polar surface area (TPSA) is 29.3 Å². The zero-order chi connectivity index (χ0) is 19.4. The van der Waals surface area contributed by atoms with Gasteiger partial charge in [-0.2, -0.15) is 0 Å². The summed E-state index contributed by atoms with van der Waals surface area (Å²) >= 11 is 0. The highest BCUT2D eigenvalue weighted by Gasteiger charge is 2.16. The highest BCUT2D eigenvalue weighted by atomic mass is 15.1. The van der Waals surface area contributed by atoms with Crippen molar-refractivity contribution in [3.05, 3.63) is 23.8 Å². The predicted octanol–water partition coefficient (Wildman–Crippen LogP) is 5.65. The maximum atomic E-state index is 6.01. The van der Waals surface area contributed by atoms with Gasteiger partial charge in [0.1, 0.15) is 0 Å². The highest BCUT2D eigenvalue weighted by Crippen LogP contribution is 2.17. The third kappa shape index (κ3) is 14.5. The second-order valence-electron chi connectivity index (χ2n) is 5.18. The van der Waals surface area contributed by atoms with Gasteiger partial charge < -0.3 is 10.6 Å².